The average Bonchev–Trinajstić information content (AvgIpc) is 2.80. The zero-order chi connectivity index (χ0) is 18.2. The molecule has 0 spiro atoms. The van der Waals surface area contributed by atoms with Gasteiger partial charge in [-0.3, -0.25) is 19.3 Å². The molecule has 2 aliphatic rings. The van der Waals surface area contributed by atoms with Crippen LogP contribution in [0, 0.1) is 5.92 Å². The van der Waals surface area contributed by atoms with Crippen molar-refractivity contribution in [3.63, 3.8) is 0 Å². The molecule has 0 bridgehead atoms. The van der Waals surface area contributed by atoms with E-state index in [0.717, 1.165) is 17.7 Å². The second-order valence-corrected chi connectivity index (χ2v) is 7.64. The van der Waals surface area contributed by atoms with Crippen LogP contribution in [0.5, 0.6) is 0 Å². The molecule has 25 heavy (non-hydrogen) atoms. The normalized spacial score (nSPS) is 24.9. The average molecular weight is 363 g/mol. The molecule has 2 heterocycles. The van der Waals surface area contributed by atoms with Gasteiger partial charge in [0.05, 0.1) is 5.41 Å². The minimum absolute atomic E-state index is 0.0119. The van der Waals surface area contributed by atoms with E-state index in [0.29, 0.717) is 29.6 Å². The monoisotopic (exact) mass is 362 g/mol. The highest BCUT2D eigenvalue weighted by Crippen LogP contribution is 2.42. The smallest absolute Gasteiger partial charge is 0.240 e. The molecule has 1 atom stereocenters. The number of imide groups is 1. The van der Waals surface area contributed by atoms with E-state index >= 15 is 0 Å². The van der Waals surface area contributed by atoms with Crippen molar-refractivity contribution < 1.29 is 14.4 Å². The summed E-state index contributed by atoms with van der Waals surface area (Å²) in [5.41, 5.74) is -0.622. The molecule has 2 saturated heterocycles. The Hall–Kier alpha value is -1.88. The van der Waals surface area contributed by atoms with Crippen molar-refractivity contribution in [2.45, 2.75) is 38.0 Å². The van der Waals surface area contributed by atoms with Crippen molar-refractivity contribution >= 4 is 29.3 Å². The van der Waals surface area contributed by atoms with Gasteiger partial charge in [0, 0.05) is 38.0 Å². The first-order valence-corrected chi connectivity index (χ1v) is 9.07. The van der Waals surface area contributed by atoms with Gasteiger partial charge in [0.15, 0.2) is 0 Å². The number of rotatable bonds is 3. The van der Waals surface area contributed by atoms with Crippen molar-refractivity contribution in [3.8, 4) is 0 Å². The van der Waals surface area contributed by atoms with Crippen LogP contribution in [0.3, 0.4) is 0 Å². The first-order valence-electron chi connectivity index (χ1n) is 8.69. The molecule has 1 aromatic rings. The highest BCUT2D eigenvalue weighted by molar-refractivity contribution is 6.32. The maximum absolute atomic E-state index is 12.9. The van der Waals surface area contributed by atoms with Crippen molar-refractivity contribution in [2.75, 3.05) is 20.1 Å². The van der Waals surface area contributed by atoms with Gasteiger partial charge in [0.25, 0.3) is 0 Å². The summed E-state index contributed by atoms with van der Waals surface area (Å²) in [5.74, 6) is -0.0833. The van der Waals surface area contributed by atoms with Gasteiger partial charge >= 0.3 is 0 Å². The highest BCUT2D eigenvalue weighted by Gasteiger charge is 2.53. The second kappa shape index (κ2) is 6.79. The molecule has 0 aliphatic carbocycles. The Morgan fingerprint density at radius 2 is 1.88 bits per heavy atom. The quantitative estimate of drug-likeness (QED) is 0.777. The number of halogens is 1. The summed E-state index contributed by atoms with van der Waals surface area (Å²) in [6.45, 7) is 3.59. The second-order valence-electron chi connectivity index (χ2n) is 7.24. The summed E-state index contributed by atoms with van der Waals surface area (Å²) in [6, 6.07) is 7.00. The molecule has 134 valence electrons. The number of hydrogen-bond donors (Lipinski definition) is 0. The Morgan fingerprint density at radius 1 is 1.24 bits per heavy atom. The fraction of sp³-hybridized carbons (Fsp3) is 0.526. The van der Waals surface area contributed by atoms with Crippen LogP contribution >= 0.6 is 11.6 Å². The predicted molar refractivity (Wildman–Crippen MR) is 95.1 cm³/mol. The van der Waals surface area contributed by atoms with Gasteiger partial charge in [-0.05, 0) is 30.4 Å². The van der Waals surface area contributed by atoms with Gasteiger partial charge in [0.2, 0.25) is 17.7 Å². The molecule has 0 radical (unpaired) electrons. The summed E-state index contributed by atoms with van der Waals surface area (Å²) < 4.78 is 0. The molecule has 6 heteroatoms. The van der Waals surface area contributed by atoms with Crippen LogP contribution < -0.4 is 0 Å². The molecular weight excluding hydrogens is 340 g/mol. The highest BCUT2D eigenvalue weighted by atomic mass is 35.5. The van der Waals surface area contributed by atoms with Crippen LogP contribution in [0.4, 0.5) is 0 Å². The fourth-order valence-electron chi connectivity index (χ4n) is 3.81. The molecule has 1 unspecified atom stereocenters. The van der Waals surface area contributed by atoms with Gasteiger partial charge in [-0.15, -0.1) is 0 Å². The van der Waals surface area contributed by atoms with Crippen LogP contribution in [-0.2, 0) is 19.8 Å². The molecule has 1 aromatic carbocycles. The van der Waals surface area contributed by atoms with E-state index in [2.05, 4.69) is 6.92 Å². The number of likely N-dealkylation sites (N-methyl/N-ethyl adjacent to an activating group) is 1. The Kier molecular flexibility index (Phi) is 4.87. The first kappa shape index (κ1) is 17.9. The summed E-state index contributed by atoms with van der Waals surface area (Å²) >= 11 is 6.34. The van der Waals surface area contributed by atoms with E-state index in [1.165, 1.54) is 7.05 Å². The Labute approximate surface area is 152 Å². The minimum atomic E-state index is -1.19. The number of likely N-dealkylation sites (tertiary alicyclic amines) is 2. The molecule has 0 aromatic heterocycles. The Bertz CT molecular complexity index is 712. The van der Waals surface area contributed by atoms with E-state index in [4.69, 9.17) is 11.6 Å². The van der Waals surface area contributed by atoms with Crippen molar-refractivity contribution in [2.24, 2.45) is 5.92 Å². The van der Waals surface area contributed by atoms with Crippen LogP contribution in [0.15, 0.2) is 24.3 Å². The SMILES string of the molecule is CC1CCN(C(=O)CC2(c3ccccc3Cl)CC(=O)N(C)C2=O)CC1. The van der Waals surface area contributed by atoms with Gasteiger partial charge < -0.3 is 4.90 Å². The van der Waals surface area contributed by atoms with Crippen LogP contribution in [-0.4, -0.2) is 47.7 Å². The molecule has 5 nitrogen and oxygen atoms in total. The third kappa shape index (κ3) is 3.17. The molecule has 2 fully saturated rings. The van der Waals surface area contributed by atoms with Crippen LogP contribution in [0.2, 0.25) is 5.02 Å². The molecule has 0 saturated carbocycles. The van der Waals surface area contributed by atoms with E-state index in [1.807, 2.05) is 4.90 Å². The largest absolute Gasteiger partial charge is 0.343 e. The topological polar surface area (TPSA) is 57.7 Å². The van der Waals surface area contributed by atoms with Crippen molar-refractivity contribution in [1.82, 2.24) is 9.80 Å². The lowest BCUT2D eigenvalue weighted by molar-refractivity contribution is -0.142. The number of carbonyl (C=O) groups excluding carboxylic acids is 3. The van der Waals surface area contributed by atoms with E-state index in [9.17, 15) is 14.4 Å². The Morgan fingerprint density at radius 3 is 2.44 bits per heavy atom. The summed E-state index contributed by atoms with van der Waals surface area (Å²) in [4.78, 5) is 41.0. The lowest BCUT2D eigenvalue weighted by Gasteiger charge is -2.34. The Balaban J connectivity index is 1.93. The van der Waals surface area contributed by atoms with E-state index < -0.39 is 5.41 Å². The summed E-state index contributed by atoms with van der Waals surface area (Å²) in [7, 11) is 1.47. The standard InChI is InChI=1S/C19H23ClN2O3/c1-13-7-9-22(10-8-13)17(24)12-19(11-16(23)21(2)18(19)25)14-5-3-4-6-15(14)20/h3-6,13H,7-12H2,1-2H3. The zero-order valence-electron chi connectivity index (χ0n) is 14.6. The maximum Gasteiger partial charge on any atom is 0.240 e. The molecule has 3 amide bonds. The number of hydrogen-bond acceptors (Lipinski definition) is 3. The third-order valence-corrected chi connectivity index (χ3v) is 5.85. The van der Waals surface area contributed by atoms with Gasteiger partial charge in [-0.25, -0.2) is 0 Å². The van der Waals surface area contributed by atoms with Crippen LogP contribution in [0.25, 0.3) is 0 Å². The molecule has 2 aliphatic heterocycles. The van der Waals surface area contributed by atoms with Gasteiger partial charge in [-0.1, -0.05) is 36.7 Å². The predicted octanol–water partition coefficient (Wildman–Crippen LogP) is 2.62. The van der Waals surface area contributed by atoms with E-state index in [-0.39, 0.29) is 30.6 Å². The number of piperidine rings is 1. The number of nitrogens with zero attached hydrogens (tertiary/aromatic N) is 2. The molecule has 0 N–H and O–H groups in total. The number of benzene rings is 1. The fourth-order valence-corrected chi connectivity index (χ4v) is 4.12. The van der Waals surface area contributed by atoms with Crippen molar-refractivity contribution in [3.05, 3.63) is 34.9 Å². The maximum atomic E-state index is 12.9. The number of carbonyl (C=O) groups is 3. The number of amides is 3. The lowest BCUT2D eigenvalue weighted by atomic mass is 9.75. The third-order valence-electron chi connectivity index (χ3n) is 5.52. The summed E-state index contributed by atoms with van der Waals surface area (Å²) in [5, 5.41) is 0.416. The molecule has 3 rings (SSSR count). The summed E-state index contributed by atoms with van der Waals surface area (Å²) in [6.07, 6.45) is 1.91. The van der Waals surface area contributed by atoms with E-state index in [1.54, 1.807) is 24.3 Å². The van der Waals surface area contributed by atoms with Gasteiger partial charge in [-0.2, -0.15) is 0 Å². The zero-order valence-corrected chi connectivity index (χ0v) is 15.4. The minimum Gasteiger partial charge on any atom is -0.343 e. The van der Waals surface area contributed by atoms with Gasteiger partial charge in [0.1, 0.15) is 0 Å². The first-order chi connectivity index (χ1) is 11.8. The van der Waals surface area contributed by atoms with Crippen LogP contribution in [0.1, 0.15) is 38.2 Å². The lowest BCUT2D eigenvalue weighted by Crippen LogP contribution is -2.45. The molecular formula is C19H23ClN2O3. The van der Waals surface area contributed by atoms with Crippen molar-refractivity contribution in [1.29, 1.82) is 0 Å².